The van der Waals surface area contributed by atoms with Gasteiger partial charge < -0.3 is 4.74 Å². The van der Waals surface area contributed by atoms with E-state index in [-0.39, 0.29) is 17.8 Å². The van der Waals surface area contributed by atoms with Gasteiger partial charge in [-0.2, -0.15) is 0 Å². The van der Waals surface area contributed by atoms with Crippen LogP contribution >= 0.6 is 0 Å². The Hall–Kier alpha value is -1.05. The Balaban J connectivity index is 2.16. The molecule has 0 N–H and O–H groups in total. The van der Waals surface area contributed by atoms with Crippen LogP contribution < -0.4 is 0 Å². The van der Waals surface area contributed by atoms with Crippen molar-refractivity contribution < 1.29 is 9.53 Å². The number of esters is 1. The minimum Gasteiger partial charge on any atom is -0.469 e. The van der Waals surface area contributed by atoms with Gasteiger partial charge in [0.25, 0.3) is 0 Å². The topological polar surface area (TPSA) is 26.3 Å². The van der Waals surface area contributed by atoms with Crippen LogP contribution in [0.1, 0.15) is 6.42 Å². The predicted molar refractivity (Wildman–Crippen MR) is 45.4 cm³/mol. The lowest BCUT2D eigenvalue weighted by atomic mass is 9.74. The summed E-state index contributed by atoms with van der Waals surface area (Å²) in [6.07, 6.45) is 9.48. The molecule has 0 heterocycles. The van der Waals surface area contributed by atoms with Crippen molar-refractivity contribution in [1.82, 2.24) is 0 Å². The van der Waals surface area contributed by atoms with Crippen molar-refractivity contribution in [2.45, 2.75) is 6.42 Å². The summed E-state index contributed by atoms with van der Waals surface area (Å²) in [6, 6.07) is 0. The largest absolute Gasteiger partial charge is 0.469 e. The lowest BCUT2D eigenvalue weighted by molar-refractivity contribution is -0.147. The van der Waals surface area contributed by atoms with Crippen molar-refractivity contribution in [3.05, 3.63) is 24.3 Å². The zero-order chi connectivity index (χ0) is 8.55. The molecule has 2 bridgehead atoms. The van der Waals surface area contributed by atoms with E-state index < -0.39 is 0 Å². The average Bonchev–Trinajstić information content (AvgIpc) is 2.18. The predicted octanol–water partition coefficient (Wildman–Crippen LogP) is 1.54. The Morgan fingerprint density at radius 3 is 2.42 bits per heavy atom. The summed E-state index contributed by atoms with van der Waals surface area (Å²) in [5, 5.41) is 0. The highest BCUT2D eigenvalue weighted by atomic mass is 16.5. The molecule has 0 aromatic heterocycles. The van der Waals surface area contributed by atoms with Gasteiger partial charge in [-0.3, -0.25) is 4.79 Å². The van der Waals surface area contributed by atoms with Crippen LogP contribution in [0.2, 0.25) is 0 Å². The number of carbonyl (C=O) groups excluding carboxylic acids is 1. The van der Waals surface area contributed by atoms with Gasteiger partial charge in [-0.15, -0.1) is 0 Å². The molecule has 0 aromatic carbocycles. The highest BCUT2D eigenvalue weighted by Gasteiger charge is 2.33. The van der Waals surface area contributed by atoms with E-state index in [9.17, 15) is 4.79 Å². The third kappa shape index (κ3) is 1.07. The lowest BCUT2D eigenvalue weighted by Crippen LogP contribution is -2.30. The molecule has 3 rings (SSSR count). The normalized spacial score (nSPS) is 36.9. The first-order valence-corrected chi connectivity index (χ1v) is 4.26. The Labute approximate surface area is 71.9 Å². The molecule has 0 amide bonds. The maximum Gasteiger partial charge on any atom is 0.309 e. The molecular formula is C10H12O2. The molecule has 0 aromatic rings. The molecule has 0 saturated heterocycles. The number of ether oxygens (including phenoxy) is 1. The van der Waals surface area contributed by atoms with E-state index in [4.69, 9.17) is 4.74 Å². The lowest BCUT2D eigenvalue weighted by Gasteiger charge is -2.31. The summed E-state index contributed by atoms with van der Waals surface area (Å²) in [6.45, 7) is 0. The highest BCUT2D eigenvalue weighted by molar-refractivity contribution is 5.74. The SMILES string of the molecule is COC(=O)C1CC2C=CC1C=C2. The quantitative estimate of drug-likeness (QED) is 0.434. The molecule has 1 atom stereocenters. The van der Waals surface area contributed by atoms with E-state index in [1.807, 2.05) is 0 Å². The fourth-order valence-electron chi connectivity index (χ4n) is 1.95. The van der Waals surface area contributed by atoms with Gasteiger partial charge in [0, 0.05) is 5.92 Å². The number of hydrogen-bond acceptors (Lipinski definition) is 2. The van der Waals surface area contributed by atoms with E-state index in [0.717, 1.165) is 6.42 Å². The maximum atomic E-state index is 11.3. The second-order valence-corrected chi connectivity index (χ2v) is 3.38. The second-order valence-electron chi connectivity index (χ2n) is 3.38. The zero-order valence-corrected chi connectivity index (χ0v) is 7.07. The van der Waals surface area contributed by atoms with Gasteiger partial charge in [-0.25, -0.2) is 0 Å². The summed E-state index contributed by atoms with van der Waals surface area (Å²) in [4.78, 5) is 11.3. The first-order chi connectivity index (χ1) is 5.81. The van der Waals surface area contributed by atoms with Crippen molar-refractivity contribution in [3.8, 4) is 0 Å². The summed E-state index contributed by atoms with van der Waals surface area (Å²) in [5.41, 5.74) is 0. The maximum absolute atomic E-state index is 11.3. The average molecular weight is 164 g/mol. The van der Waals surface area contributed by atoms with Crippen LogP contribution in [0.15, 0.2) is 24.3 Å². The Morgan fingerprint density at radius 2 is 2.00 bits per heavy atom. The van der Waals surface area contributed by atoms with Crippen LogP contribution in [-0.2, 0) is 9.53 Å². The molecule has 2 nitrogen and oxygen atoms in total. The number of methoxy groups -OCH3 is 1. The second kappa shape index (κ2) is 2.77. The summed E-state index contributed by atoms with van der Waals surface area (Å²) in [5.74, 6) is 0.732. The van der Waals surface area contributed by atoms with Gasteiger partial charge in [0.1, 0.15) is 0 Å². The van der Waals surface area contributed by atoms with Gasteiger partial charge in [0.05, 0.1) is 13.0 Å². The molecule has 0 fully saturated rings. The van der Waals surface area contributed by atoms with Crippen LogP contribution in [0.5, 0.6) is 0 Å². The third-order valence-electron chi connectivity index (χ3n) is 2.66. The van der Waals surface area contributed by atoms with E-state index >= 15 is 0 Å². The van der Waals surface area contributed by atoms with Crippen molar-refractivity contribution in [3.63, 3.8) is 0 Å². The number of carbonyl (C=O) groups is 1. The van der Waals surface area contributed by atoms with Crippen LogP contribution in [-0.4, -0.2) is 13.1 Å². The van der Waals surface area contributed by atoms with Crippen LogP contribution in [0.3, 0.4) is 0 Å². The molecule has 0 saturated carbocycles. The van der Waals surface area contributed by atoms with Crippen molar-refractivity contribution in [2.24, 2.45) is 17.8 Å². The molecule has 0 radical (unpaired) electrons. The van der Waals surface area contributed by atoms with Crippen molar-refractivity contribution in [1.29, 1.82) is 0 Å². The molecule has 64 valence electrons. The van der Waals surface area contributed by atoms with E-state index in [2.05, 4.69) is 24.3 Å². The number of allylic oxidation sites excluding steroid dienone is 4. The zero-order valence-electron chi connectivity index (χ0n) is 7.07. The van der Waals surface area contributed by atoms with E-state index in [0.29, 0.717) is 5.92 Å². The van der Waals surface area contributed by atoms with E-state index in [1.54, 1.807) is 0 Å². The standard InChI is InChI=1S/C10H12O2/c1-12-10(11)9-6-7-2-4-8(9)5-3-7/h2-5,7-9H,6H2,1H3. The fraction of sp³-hybridized carbons (Fsp3) is 0.500. The van der Waals surface area contributed by atoms with Gasteiger partial charge in [-0.05, 0) is 12.3 Å². The molecule has 3 aliphatic rings. The highest BCUT2D eigenvalue weighted by Crippen LogP contribution is 2.35. The monoisotopic (exact) mass is 164 g/mol. The molecule has 0 aliphatic heterocycles. The third-order valence-corrected chi connectivity index (χ3v) is 2.66. The van der Waals surface area contributed by atoms with Crippen LogP contribution in [0, 0.1) is 17.8 Å². The molecule has 0 spiro atoms. The number of rotatable bonds is 1. The van der Waals surface area contributed by atoms with Gasteiger partial charge in [0.2, 0.25) is 0 Å². The molecule has 2 heteroatoms. The Morgan fingerprint density at radius 1 is 1.33 bits per heavy atom. The Kier molecular flexibility index (Phi) is 1.75. The Bertz CT molecular complexity index is 239. The fourth-order valence-corrected chi connectivity index (χ4v) is 1.95. The first kappa shape index (κ1) is 7.59. The van der Waals surface area contributed by atoms with Crippen molar-refractivity contribution >= 4 is 5.97 Å². The molecule has 3 aliphatic carbocycles. The minimum absolute atomic E-state index is 0.0648. The molecular weight excluding hydrogens is 152 g/mol. The van der Waals surface area contributed by atoms with Crippen LogP contribution in [0.4, 0.5) is 0 Å². The van der Waals surface area contributed by atoms with Crippen LogP contribution in [0.25, 0.3) is 0 Å². The van der Waals surface area contributed by atoms with Gasteiger partial charge >= 0.3 is 5.97 Å². The van der Waals surface area contributed by atoms with E-state index in [1.165, 1.54) is 7.11 Å². The number of fused-ring (bicyclic) bond motifs is 1. The molecule has 1 unspecified atom stereocenters. The minimum atomic E-state index is -0.0706. The van der Waals surface area contributed by atoms with Gasteiger partial charge in [-0.1, -0.05) is 24.3 Å². The summed E-state index contributed by atoms with van der Waals surface area (Å²) >= 11 is 0. The number of hydrogen-bond donors (Lipinski definition) is 0. The summed E-state index contributed by atoms with van der Waals surface area (Å²) < 4.78 is 4.74. The molecule has 12 heavy (non-hydrogen) atoms. The van der Waals surface area contributed by atoms with Crippen molar-refractivity contribution in [2.75, 3.05) is 7.11 Å². The van der Waals surface area contributed by atoms with Gasteiger partial charge in [0.15, 0.2) is 0 Å². The first-order valence-electron chi connectivity index (χ1n) is 4.26. The summed E-state index contributed by atoms with van der Waals surface area (Å²) in [7, 11) is 1.46. The smallest absolute Gasteiger partial charge is 0.309 e.